The van der Waals surface area contributed by atoms with Crippen LogP contribution in [0.25, 0.3) is 0 Å². The van der Waals surface area contributed by atoms with Gasteiger partial charge in [-0.2, -0.15) is 0 Å². The Balaban J connectivity index is 3.25. The molecule has 1 aromatic carbocycles. The zero-order chi connectivity index (χ0) is 8.43. The number of phenolic OH excluding ortho intramolecular Hbond substituents is 1. The normalized spacial score (nSPS) is 10.1. The third-order valence-corrected chi connectivity index (χ3v) is 2.27. The van der Waals surface area contributed by atoms with Crippen LogP contribution in [0.4, 0.5) is 0 Å². The van der Waals surface area contributed by atoms with Gasteiger partial charge in [-0.15, -0.1) is 0 Å². The Morgan fingerprint density at radius 2 is 2.18 bits per heavy atom. The lowest BCUT2D eigenvalue weighted by atomic mass is 10.2. The number of hydrogen-bond acceptors (Lipinski definition) is 2. The number of benzene rings is 1. The molecule has 0 saturated heterocycles. The van der Waals surface area contributed by atoms with Crippen molar-refractivity contribution in [3.8, 4) is 5.75 Å². The Hall–Kier alpha value is -0.250. The van der Waals surface area contributed by atoms with E-state index in [1.807, 2.05) is 0 Å². The van der Waals surface area contributed by atoms with E-state index in [0.29, 0.717) is 17.1 Å². The largest absolute Gasteiger partial charge is 0.508 e. The minimum absolute atomic E-state index is 0.131. The molecule has 0 fully saturated rings. The fraction of sp³-hybridized carbons (Fsp3) is 0.143. The maximum Gasteiger partial charge on any atom is 0.122 e. The van der Waals surface area contributed by atoms with Crippen LogP contribution in [0.5, 0.6) is 5.75 Å². The number of phenols is 1. The molecule has 0 atom stereocenters. The predicted molar refractivity (Wildman–Crippen MR) is 48.7 cm³/mol. The molecule has 0 aromatic heterocycles. The van der Waals surface area contributed by atoms with Gasteiger partial charge >= 0.3 is 0 Å². The molecule has 3 N–H and O–H groups in total. The first kappa shape index (κ1) is 8.84. The molecular weight excluding hydrogens is 229 g/mol. The molecular formula is C7H7BrClNO. The average molecular weight is 236 g/mol. The summed E-state index contributed by atoms with van der Waals surface area (Å²) in [5.74, 6) is 0.131. The molecule has 2 nitrogen and oxygen atoms in total. The van der Waals surface area contributed by atoms with Crippen molar-refractivity contribution < 1.29 is 5.11 Å². The van der Waals surface area contributed by atoms with Crippen LogP contribution in [0.2, 0.25) is 5.02 Å². The molecule has 11 heavy (non-hydrogen) atoms. The van der Waals surface area contributed by atoms with Gasteiger partial charge < -0.3 is 10.8 Å². The fourth-order valence-corrected chi connectivity index (χ4v) is 1.75. The van der Waals surface area contributed by atoms with Gasteiger partial charge in [-0.1, -0.05) is 27.5 Å². The highest BCUT2D eigenvalue weighted by Gasteiger charge is 2.04. The zero-order valence-corrected chi connectivity index (χ0v) is 7.98. The van der Waals surface area contributed by atoms with Gasteiger partial charge in [-0.25, -0.2) is 0 Å². The van der Waals surface area contributed by atoms with Crippen molar-refractivity contribution in [3.05, 3.63) is 27.2 Å². The van der Waals surface area contributed by atoms with E-state index in [0.717, 1.165) is 4.47 Å². The summed E-state index contributed by atoms with van der Waals surface area (Å²) in [6, 6.07) is 3.16. The minimum Gasteiger partial charge on any atom is -0.508 e. The van der Waals surface area contributed by atoms with Crippen LogP contribution in [0.1, 0.15) is 5.56 Å². The van der Waals surface area contributed by atoms with E-state index in [4.69, 9.17) is 17.3 Å². The lowest BCUT2D eigenvalue weighted by Crippen LogP contribution is -1.97. The highest BCUT2D eigenvalue weighted by molar-refractivity contribution is 9.10. The van der Waals surface area contributed by atoms with Crippen LogP contribution in [0.3, 0.4) is 0 Å². The van der Waals surface area contributed by atoms with E-state index < -0.39 is 0 Å². The molecule has 0 radical (unpaired) electrons. The zero-order valence-electron chi connectivity index (χ0n) is 5.64. The number of rotatable bonds is 1. The monoisotopic (exact) mass is 235 g/mol. The summed E-state index contributed by atoms with van der Waals surface area (Å²) in [7, 11) is 0. The minimum atomic E-state index is 0.131. The summed E-state index contributed by atoms with van der Waals surface area (Å²) < 4.78 is 0.741. The molecule has 0 aliphatic carbocycles. The third kappa shape index (κ3) is 1.86. The summed E-state index contributed by atoms with van der Waals surface area (Å²) >= 11 is 8.88. The molecule has 0 amide bonds. The molecule has 0 spiro atoms. The molecule has 0 unspecified atom stereocenters. The summed E-state index contributed by atoms with van der Waals surface area (Å²) in [6.45, 7) is 0.295. The molecule has 1 aromatic rings. The van der Waals surface area contributed by atoms with Gasteiger partial charge in [0.05, 0.1) is 0 Å². The highest BCUT2D eigenvalue weighted by Crippen LogP contribution is 2.29. The Morgan fingerprint density at radius 3 is 2.64 bits per heavy atom. The van der Waals surface area contributed by atoms with E-state index in [-0.39, 0.29) is 5.75 Å². The average Bonchev–Trinajstić information content (AvgIpc) is 1.85. The van der Waals surface area contributed by atoms with Crippen LogP contribution in [0.15, 0.2) is 16.6 Å². The maximum absolute atomic E-state index is 9.28. The number of aromatic hydroxyl groups is 1. The number of hydrogen-bond donors (Lipinski definition) is 2. The second kappa shape index (κ2) is 3.43. The van der Waals surface area contributed by atoms with Gasteiger partial charge in [0, 0.05) is 21.6 Å². The standard InChI is InChI=1S/C7H7BrClNO/c8-6-1-4(9)2-7(11)5(6)3-10/h1-2,11H,3,10H2. The highest BCUT2D eigenvalue weighted by atomic mass is 79.9. The summed E-state index contributed by atoms with van der Waals surface area (Å²) in [5.41, 5.74) is 6.04. The fourth-order valence-electron chi connectivity index (χ4n) is 0.792. The van der Waals surface area contributed by atoms with Crippen molar-refractivity contribution in [2.75, 3.05) is 0 Å². The van der Waals surface area contributed by atoms with Crippen LogP contribution in [-0.4, -0.2) is 5.11 Å². The topological polar surface area (TPSA) is 46.2 Å². The van der Waals surface area contributed by atoms with Gasteiger partial charge in [0.1, 0.15) is 5.75 Å². The van der Waals surface area contributed by atoms with Gasteiger partial charge in [-0.05, 0) is 12.1 Å². The van der Waals surface area contributed by atoms with Gasteiger partial charge in [0.25, 0.3) is 0 Å². The van der Waals surface area contributed by atoms with Crippen molar-refractivity contribution in [1.29, 1.82) is 0 Å². The number of nitrogens with two attached hydrogens (primary N) is 1. The first-order valence-electron chi connectivity index (χ1n) is 3.02. The van der Waals surface area contributed by atoms with Crippen molar-refractivity contribution in [3.63, 3.8) is 0 Å². The lowest BCUT2D eigenvalue weighted by molar-refractivity contribution is 0.468. The van der Waals surface area contributed by atoms with Crippen molar-refractivity contribution >= 4 is 27.5 Å². The molecule has 4 heteroatoms. The Bertz CT molecular complexity index is 254. The third-order valence-electron chi connectivity index (χ3n) is 1.34. The SMILES string of the molecule is NCc1c(O)cc(Cl)cc1Br. The van der Waals surface area contributed by atoms with E-state index in [9.17, 15) is 5.11 Å². The van der Waals surface area contributed by atoms with Crippen LogP contribution < -0.4 is 5.73 Å². The molecule has 0 aliphatic rings. The van der Waals surface area contributed by atoms with E-state index in [2.05, 4.69) is 15.9 Å². The molecule has 0 aliphatic heterocycles. The maximum atomic E-state index is 9.28. The van der Waals surface area contributed by atoms with Crippen LogP contribution in [-0.2, 0) is 6.54 Å². The van der Waals surface area contributed by atoms with Crippen LogP contribution >= 0.6 is 27.5 Å². The predicted octanol–water partition coefficient (Wildman–Crippen LogP) is 2.27. The Morgan fingerprint density at radius 1 is 1.55 bits per heavy atom. The van der Waals surface area contributed by atoms with Gasteiger partial charge in [0.15, 0.2) is 0 Å². The molecule has 0 heterocycles. The van der Waals surface area contributed by atoms with Crippen molar-refractivity contribution in [2.45, 2.75) is 6.54 Å². The van der Waals surface area contributed by atoms with E-state index in [1.165, 1.54) is 6.07 Å². The smallest absolute Gasteiger partial charge is 0.122 e. The Labute approximate surface area is 78.1 Å². The second-order valence-electron chi connectivity index (χ2n) is 2.09. The molecule has 0 saturated carbocycles. The van der Waals surface area contributed by atoms with Crippen LogP contribution in [0, 0.1) is 0 Å². The first-order valence-corrected chi connectivity index (χ1v) is 4.19. The quantitative estimate of drug-likeness (QED) is 0.786. The summed E-state index contributed by atoms with van der Waals surface area (Å²) in [5, 5.41) is 9.77. The second-order valence-corrected chi connectivity index (χ2v) is 3.38. The van der Waals surface area contributed by atoms with Gasteiger partial charge in [0.2, 0.25) is 0 Å². The molecule has 0 bridgehead atoms. The van der Waals surface area contributed by atoms with E-state index >= 15 is 0 Å². The van der Waals surface area contributed by atoms with E-state index in [1.54, 1.807) is 6.07 Å². The first-order chi connectivity index (χ1) is 5.15. The summed E-state index contributed by atoms with van der Waals surface area (Å²) in [4.78, 5) is 0. The van der Waals surface area contributed by atoms with Crippen molar-refractivity contribution in [2.24, 2.45) is 5.73 Å². The molecule has 1 rings (SSSR count). The number of halogens is 2. The summed E-state index contributed by atoms with van der Waals surface area (Å²) in [6.07, 6.45) is 0. The lowest BCUT2D eigenvalue weighted by Gasteiger charge is -2.04. The van der Waals surface area contributed by atoms with Gasteiger partial charge in [-0.3, -0.25) is 0 Å². The van der Waals surface area contributed by atoms with Crippen molar-refractivity contribution in [1.82, 2.24) is 0 Å². The molecule has 60 valence electrons. The Kier molecular flexibility index (Phi) is 2.76.